The maximum absolute atomic E-state index is 12.6. The van der Waals surface area contributed by atoms with E-state index >= 15 is 0 Å². The van der Waals surface area contributed by atoms with E-state index < -0.39 is 0 Å². The molecule has 0 aliphatic carbocycles. The second kappa shape index (κ2) is 8.10. The maximum atomic E-state index is 12.6. The minimum Gasteiger partial charge on any atom is -0.336 e. The minimum atomic E-state index is -0.0443. The maximum Gasteiger partial charge on any atom is 0.274 e. The molecule has 1 amide bonds. The zero-order valence-electron chi connectivity index (χ0n) is 15.8. The summed E-state index contributed by atoms with van der Waals surface area (Å²) in [6.07, 6.45) is 7.09. The summed E-state index contributed by atoms with van der Waals surface area (Å²) >= 11 is 0. The van der Waals surface area contributed by atoms with Gasteiger partial charge in [-0.3, -0.25) is 14.7 Å². The fourth-order valence-corrected chi connectivity index (χ4v) is 3.92. The van der Waals surface area contributed by atoms with Crippen molar-refractivity contribution in [2.24, 2.45) is 0 Å². The molecule has 7 nitrogen and oxygen atoms in total. The second-order valence-electron chi connectivity index (χ2n) is 7.35. The van der Waals surface area contributed by atoms with E-state index in [4.69, 9.17) is 0 Å². The Morgan fingerprint density at radius 1 is 1.11 bits per heavy atom. The average molecular weight is 366 g/mol. The van der Waals surface area contributed by atoms with Gasteiger partial charge in [0.15, 0.2) is 5.69 Å². The lowest BCUT2D eigenvalue weighted by Gasteiger charge is -2.20. The Hall–Kier alpha value is -2.38. The average Bonchev–Trinajstić information content (AvgIpc) is 2.97. The monoisotopic (exact) mass is 366 g/mol. The molecule has 4 rings (SSSR count). The summed E-state index contributed by atoms with van der Waals surface area (Å²) < 4.78 is 0. The first-order chi connectivity index (χ1) is 13.2. The van der Waals surface area contributed by atoms with Gasteiger partial charge in [0, 0.05) is 43.6 Å². The van der Waals surface area contributed by atoms with Crippen LogP contribution in [-0.2, 0) is 0 Å². The van der Waals surface area contributed by atoms with Crippen LogP contribution in [0.1, 0.15) is 41.4 Å². The minimum absolute atomic E-state index is 0.0443. The fraction of sp³-hybridized carbons (Fsp3) is 0.500. The third-order valence-corrected chi connectivity index (χ3v) is 5.47. The number of aromatic nitrogens is 3. The van der Waals surface area contributed by atoms with Crippen LogP contribution in [0.3, 0.4) is 0 Å². The third kappa shape index (κ3) is 3.99. The lowest BCUT2D eigenvalue weighted by atomic mass is 10.0. The number of pyridine rings is 1. The molecule has 1 atom stereocenters. The van der Waals surface area contributed by atoms with Crippen molar-refractivity contribution in [2.75, 3.05) is 39.8 Å². The van der Waals surface area contributed by atoms with Crippen molar-refractivity contribution in [3.05, 3.63) is 41.9 Å². The lowest BCUT2D eigenvalue weighted by molar-refractivity contribution is 0.0759. The van der Waals surface area contributed by atoms with Gasteiger partial charge < -0.3 is 10.2 Å². The van der Waals surface area contributed by atoms with Crippen molar-refractivity contribution in [1.29, 1.82) is 0 Å². The van der Waals surface area contributed by atoms with Crippen molar-refractivity contribution in [2.45, 2.75) is 25.3 Å². The molecule has 0 saturated carbocycles. The molecule has 4 heterocycles. The Bertz CT molecular complexity index is 785. The van der Waals surface area contributed by atoms with E-state index in [1.54, 1.807) is 6.07 Å². The smallest absolute Gasteiger partial charge is 0.274 e. The van der Waals surface area contributed by atoms with E-state index in [9.17, 15) is 4.79 Å². The molecule has 0 aromatic carbocycles. The quantitative estimate of drug-likeness (QED) is 0.892. The number of nitrogens with one attached hydrogen (secondary N) is 1. The van der Waals surface area contributed by atoms with Crippen LogP contribution in [0.25, 0.3) is 11.3 Å². The summed E-state index contributed by atoms with van der Waals surface area (Å²) in [5.41, 5.74) is 3.31. The molecule has 2 aromatic heterocycles. The molecule has 142 valence electrons. The second-order valence-corrected chi connectivity index (χ2v) is 7.35. The van der Waals surface area contributed by atoms with Gasteiger partial charge in [0.05, 0.1) is 5.69 Å². The van der Waals surface area contributed by atoms with Crippen LogP contribution in [0.15, 0.2) is 30.6 Å². The largest absolute Gasteiger partial charge is 0.336 e. The molecule has 0 radical (unpaired) electrons. The van der Waals surface area contributed by atoms with Crippen LogP contribution in [-0.4, -0.2) is 70.7 Å². The molecule has 2 aromatic rings. The van der Waals surface area contributed by atoms with Gasteiger partial charge in [0.1, 0.15) is 0 Å². The van der Waals surface area contributed by atoms with Gasteiger partial charge >= 0.3 is 0 Å². The van der Waals surface area contributed by atoms with Gasteiger partial charge in [-0.1, -0.05) is 0 Å². The first-order valence-electron chi connectivity index (χ1n) is 9.71. The molecule has 27 heavy (non-hydrogen) atoms. The van der Waals surface area contributed by atoms with Gasteiger partial charge in [0.2, 0.25) is 0 Å². The van der Waals surface area contributed by atoms with Crippen molar-refractivity contribution in [3.63, 3.8) is 0 Å². The Labute approximate surface area is 159 Å². The van der Waals surface area contributed by atoms with Crippen molar-refractivity contribution >= 4 is 5.91 Å². The highest BCUT2D eigenvalue weighted by molar-refractivity contribution is 5.92. The molecule has 2 saturated heterocycles. The third-order valence-electron chi connectivity index (χ3n) is 5.47. The highest BCUT2D eigenvalue weighted by atomic mass is 16.2. The van der Waals surface area contributed by atoms with Gasteiger partial charge in [-0.25, -0.2) is 0 Å². The Morgan fingerprint density at radius 2 is 2.04 bits per heavy atom. The summed E-state index contributed by atoms with van der Waals surface area (Å²) in [6.45, 7) is 4.37. The summed E-state index contributed by atoms with van der Waals surface area (Å²) in [5.74, 6) is -0.0443. The molecule has 2 aliphatic rings. The van der Waals surface area contributed by atoms with E-state index in [0.717, 1.165) is 50.3 Å². The van der Waals surface area contributed by atoms with Gasteiger partial charge in [-0.2, -0.15) is 0 Å². The normalized spacial score (nSPS) is 21.2. The molecule has 0 unspecified atom stereocenters. The van der Waals surface area contributed by atoms with E-state index in [2.05, 4.69) is 38.5 Å². The predicted octanol–water partition coefficient (Wildman–Crippen LogP) is 1.74. The summed E-state index contributed by atoms with van der Waals surface area (Å²) in [4.78, 5) is 21.3. The number of nitrogens with zero attached hydrogens (tertiary/aromatic N) is 5. The summed E-state index contributed by atoms with van der Waals surface area (Å²) in [7, 11) is 2.16. The van der Waals surface area contributed by atoms with Crippen LogP contribution in [0.4, 0.5) is 0 Å². The number of likely N-dealkylation sites (tertiary alicyclic amines) is 1. The summed E-state index contributed by atoms with van der Waals surface area (Å²) in [6, 6.07) is 6.21. The van der Waals surface area contributed by atoms with Crippen LogP contribution >= 0.6 is 0 Å². The number of carbonyl (C=O) groups excluding carboxylic acids is 1. The SMILES string of the molecule is CN1CCC[C@H]1c1cncc(-c2ccc(C(=O)N3CCCNCC3)nn2)c1. The number of hydrogen-bond acceptors (Lipinski definition) is 6. The highest BCUT2D eigenvalue weighted by Gasteiger charge is 2.23. The number of rotatable bonds is 3. The molecule has 2 aliphatic heterocycles. The fourth-order valence-electron chi connectivity index (χ4n) is 3.92. The predicted molar refractivity (Wildman–Crippen MR) is 103 cm³/mol. The zero-order chi connectivity index (χ0) is 18.6. The molecular weight excluding hydrogens is 340 g/mol. The van der Waals surface area contributed by atoms with Crippen LogP contribution < -0.4 is 5.32 Å². The van der Waals surface area contributed by atoms with Gasteiger partial charge in [-0.15, -0.1) is 10.2 Å². The Kier molecular flexibility index (Phi) is 5.40. The highest BCUT2D eigenvalue weighted by Crippen LogP contribution is 2.31. The number of amides is 1. The summed E-state index contributed by atoms with van der Waals surface area (Å²) in [5, 5.41) is 11.8. The van der Waals surface area contributed by atoms with Gasteiger partial charge in [-0.05, 0) is 63.2 Å². The van der Waals surface area contributed by atoms with E-state index in [0.29, 0.717) is 18.3 Å². The van der Waals surface area contributed by atoms with Gasteiger partial charge in [0.25, 0.3) is 5.91 Å². The van der Waals surface area contributed by atoms with E-state index in [1.807, 2.05) is 23.4 Å². The molecular formula is C20H26N6O. The van der Waals surface area contributed by atoms with Crippen molar-refractivity contribution in [3.8, 4) is 11.3 Å². The lowest BCUT2D eigenvalue weighted by Crippen LogP contribution is -2.34. The first-order valence-corrected chi connectivity index (χ1v) is 9.71. The van der Waals surface area contributed by atoms with Crippen molar-refractivity contribution < 1.29 is 4.79 Å². The number of carbonyl (C=O) groups is 1. The van der Waals surface area contributed by atoms with Crippen molar-refractivity contribution in [1.82, 2.24) is 30.3 Å². The van der Waals surface area contributed by atoms with E-state index in [1.165, 1.54) is 12.0 Å². The number of hydrogen-bond donors (Lipinski definition) is 1. The zero-order valence-corrected chi connectivity index (χ0v) is 15.8. The standard InChI is InChI=1S/C20H26N6O/c1-25-9-2-4-19(25)16-12-15(13-22-14-16)17-5-6-18(24-23-17)20(27)26-10-3-7-21-8-11-26/h5-6,12-14,19,21H,2-4,7-11H2,1H3/t19-/m0/s1. The Balaban J connectivity index is 1.51. The van der Waals surface area contributed by atoms with Crippen LogP contribution in [0, 0.1) is 0 Å². The van der Waals surface area contributed by atoms with Crippen LogP contribution in [0.2, 0.25) is 0 Å². The molecule has 7 heteroatoms. The molecule has 1 N–H and O–H groups in total. The molecule has 2 fully saturated rings. The first kappa shape index (κ1) is 18.0. The van der Waals surface area contributed by atoms with Crippen LogP contribution in [0.5, 0.6) is 0 Å². The molecule has 0 spiro atoms. The molecule has 0 bridgehead atoms. The Morgan fingerprint density at radius 3 is 2.81 bits per heavy atom. The topological polar surface area (TPSA) is 74.2 Å². The van der Waals surface area contributed by atoms with E-state index in [-0.39, 0.29) is 5.91 Å².